The Bertz CT molecular complexity index is 630. The molecule has 0 aromatic heterocycles. The molecule has 0 aliphatic heterocycles. The zero-order valence-electron chi connectivity index (χ0n) is 13.3. The topological polar surface area (TPSA) is 35.5 Å². The van der Waals surface area contributed by atoms with E-state index in [1.165, 1.54) is 0 Å². The Morgan fingerprint density at radius 3 is 2.18 bits per heavy atom. The molecule has 2 aromatic rings. The molecule has 0 saturated carbocycles. The smallest absolute Gasteiger partial charge is 0.196 e. The summed E-state index contributed by atoms with van der Waals surface area (Å²) in [7, 11) is 1.72. The number of aryl methyl sites for hydroxylation is 2. The Hall–Kier alpha value is -1.70. The highest BCUT2D eigenvalue weighted by molar-refractivity contribution is 7.66. The summed E-state index contributed by atoms with van der Waals surface area (Å²) < 4.78 is 10.6. The van der Waals surface area contributed by atoms with Gasteiger partial charge < -0.3 is 9.47 Å². The monoisotopic (exact) mass is 316 g/mol. The summed E-state index contributed by atoms with van der Waals surface area (Å²) in [6.07, 6.45) is -0.287. The van der Waals surface area contributed by atoms with Gasteiger partial charge in [-0.3, -0.25) is 4.79 Å². The first-order chi connectivity index (χ1) is 10.5. The molecular formula is C18H21O3P. The molecule has 0 bridgehead atoms. The van der Waals surface area contributed by atoms with E-state index in [9.17, 15) is 4.79 Å². The molecule has 0 N–H and O–H groups in total. The van der Waals surface area contributed by atoms with Gasteiger partial charge in [-0.05, 0) is 57.9 Å². The van der Waals surface area contributed by atoms with Gasteiger partial charge in [0.2, 0.25) is 0 Å². The second-order valence-corrected chi connectivity index (χ2v) is 6.45. The minimum Gasteiger partial charge on any atom is -0.465 e. The predicted octanol–water partition coefficient (Wildman–Crippen LogP) is 3.82. The largest absolute Gasteiger partial charge is 0.465 e. The van der Waals surface area contributed by atoms with Crippen molar-refractivity contribution in [1.82, 2.24) is 0 Å². The molecule has 22 heavy (non-hydrogen) atoms. The van der Waals surface area contributed by atoms with Crippen LogP contribution in [-0.4, -0.2) is 18.9 Å². The highest BCUT2D eigenvalue weighted by atomic mass is 31.1. The van der Waals surface area contributed by atoms with Crippen molar-refractivity contribution in [3.8, 4) is 5.75 Å². The van der Waals surface area contributed by atoms with Crippen LogP contribution in [0.1, 0.15) is 28.4 Å². The first kappa shape index (κ1) is 16.7. The number of hydrogen-bond acceptors (Lipinski definition) is 3. The summed E-state index contributed by atoms with van der Waals surface area (Å²) in [5.41, 5.74) is 3.08. The van der Waals surface area contributed by atoms with Gasteiger partial charge >= 0.3 is 0 Å². The minimum absolute atomic E-state index is 0.115. The van der Waals surface area contributed by atoms with Crippen molar-refractivity contribution in [2.45, 2.75) is 27.1 Å². The number of benzene rings is 2. The van der Waals surface area contributed by atoms with Crippen LogP contribution in [0.25, 0.3) is 0 Å². The Morgan fingerprint density at radius 2 is 1.64 bits per heavy atom. The van der Waals surface area contributed by atoms with Crippen LogP contribution in [-0.2, 0) is 4.74 Å². The third-order valence-corrected chi connectivity index (χ3v) is 4.55. The van der Waals surface area contributed by atoms with E-state index in [2.05, 4.69) is 0 Å². The fourth-order valence-electron chi connectivity index (χ4n) is 2.22. The summed E-state index contributed by atoms with van der Waals surface area (Å²) in [5, 5.41) is 1.00. The number of rotatable bonds is 6. The molecule has 2 aromatic carbocycles. The molecule has 116 valence electrons. The Morgan fingerprint density at radius 1 is 1.05 bits per heavy atom. The van der Waals surface area contributed by atoms with Crippen LogP contribution >= 0.6 is 8.58 Å². The summed E-state index contributed by atoms with van der Waals surface area (Å²) in [4.78, 5) is 12.5. The van der Waals surface area contributed by atoms with Gasteiger partial charge in [-0.25, -0.2) is 0 Å². The molecule has 0 radical (unpaired) electrons. The molecule has 2 rings (SSSR count). The van der Waals surface area contributed by atoms with E-state index >= 15 is 0 Å². The van der Waals surface area contributed by atoms with Gasteiger partial charge in [-0.15, -0.1) is 0 Å². The lowest BCUT2D eigenvalue weighted by atomic mass is 10.0. The first-order valence-electron chi connectivity index (χ1n) is 7.18. The van der Waals surface area contributed by atoms with Crippen LogP contribution in [0.15, 0.2) is 42.5 Å². The normalized spacial score (nSPS) is 12.5. The Labute approximate surface area is 133 Å². The summed E-state index contributed by atoms with van der Waals surface area (Å²) in [5.74, 6) is 0.738. The highest BCUT2D eigenvalue weighted by Gasteiger charge is 2.12. The van der Waals surface area contributed by atoms with Crippen LogP contribution in [0, 0.1) is 13.8 Å². The average molecular weight is 316 g/mol. The molecule has 0 aliphatic carbocycles. The molecule has 0 saturated heterocycles. The molecular weight excluding hydrogens is 295 g/mol. The Balaban J connectivity index is 2.09. The molecule has 2 atom stereocenters. The standard InChI is InChI=1S/C18H21O3P/c1-12-6-5-7-13(2)17(12)18(19)22-16-10-8-15(9-11-16)21-14(3)20-4/h5-11,14,22H,1-4H3. The molecule has 2 unspecified atom stereocenters. The quantitative estimate of drug-likeness (QED) is 0.600. The van der Waals surface area contributed by atoms with Crippen LogP contribution in [0.3, 0.4) is 0 Å². The maximum atomic E-state index is 12.5. The van der Waals surface area contributed by atoms with Crippen molar-refractivity contribution >= 4 is 19.4 Å². The maximum Gasteiger partial charge on any atom is 0.196 e. The van der Waals surface area contributed by atoms with Crippen molar-refractivity contribution in [3.63, 3.8) is 0 Å². The van der Waals surface area contributed by atoms with Crippen molar-refractivity contribution in [2.24, 2.45) is 0 Å². The van der Waals surface area contributed by atoms with Gasteiger partial charge in [0.1, 0.15) is 5.75 Å². The van der Waals surface area contributed by atoms with E-state index < -0.39 is 0 Å². The van der Waals surface area contributed by atoms with Crippen LogP contribution in [0.5, 0.6) is 5.75 Å². The van der Waals surface area contributed by atoms with Gasteiger partial charge in [0, 0.05) is 12.7 Å². The minimum atomic E-state index is -0.287. The van der Waals surface area contributed by atoms with Gasteiger partial charge in [0.25, 0.3) is 0 Å². The third kappa shape index (κ3) is 4.16. The molecule has 4 heteroatoms. The van der Waals surface area contributed by atoms with Gasteiger partial charge in [0.05, 0.1) is 0 Å². The number of methoxy groups -OCH3 is 1. The number of carbonyl (C=O) groups excluding carboxylic acids is 1. The summed E-state index contributed by atoms with van der Waals surface area (Å²) >= 11 is 0. The predicted molar refractivity (Wildman–Crippen MR) is 91.7 cm³/mol. The fraction of sp³-hybridized carbons (Fsp3) is 0.278. The number of hydrogen-bond donors (Lipinski definition) is 0. The van der Waals surface area contributed by atoms with Crippen molar-refractivity contribution < 1.29 is 14.3 Å². The van der Waals surface area contributed by atoms with E-state index in [0.717, 1.165) is 27.7 Å². The summed E-state index contributed by atoms with van der Waals surface area (Å²) in [6, 6.07) is 13.5. The van der Waals surface area contributed by atoms with Gasteiger partial charge in [-0.1, -0.05) is 30.3 Å². The van der Waals surface area contributed by atoms with E-state index in [1.54, 1.807) is 7.11 Å². The molecule has 0 amide bonds. The first-order valence-corrected chi connectivity index (χ1v) is 8.18. The third-order valence-electron chi connectivity index (χ3n) is 3.45. The van der Waals surface area contributed by atoms with Crippen molar-refractivity contribution in [3.05, 3.63) is 59.2 Å². The molecule has 0 fully saturated rings. The second kappa shape index (κ2) is 7.53. The molecule has 0 heterocycles. The number of ether oxygens (including phenoxy) is 2. The fourth-order valence-corrected chi connectivity index (χ4v) is 3.34. The van der Waals surface area contributed by atoms with Crippen LogP contribution in [0.2, 0.25) is 0 Å². The second-order valence-electron chi connectivity index (χ2n) is 5.17. The summed E-state index contributed by atoms with van der Waals surface area (Å²) in [6.45, 7) is 5.79. The maximum absolute atomic E-state index is 12.5. The van der Waals surface area contributed by atoms with Crippen LogP contribution < -0.4 is 10.0 Å². The van der Waals surface area contributed by atoms with Crippen LogP contribution in [0.4, 0.5) is 0 Å². The van der Waals surface area contributed by atoms with E-state index in [4.69, 9.17) is 9.47 Å². The number of carbonyl (C=O) groups is 1. The lowest BCUT2D eigenvalue weighted by Gasteiger charge is -2.13. The zero-order chi connectivity index (χ0) is 16.1. The van der Waals surface area contributed by atoms with E-state index in [1.807, 2.05) is 63.2 Å². The van der Waals surface area contributed by atoms with E-state index in [-0.39, 0.29) is 20.4 Å². The Kier molecular flexibility index (Phi) is 5.70. The molecule has 0 aliphatic rings. The molecule has 0 spiro atoms. The SMILES string of the molecule is COC(C)Oc1ccc(PC(=O)c2c(C)cccc2C)cc1. The highest BCUT2D eigenvalue weighted by Crippen LogP contribution is 2.24. The van der Waals surface area contributed by atoms with Gasteiger partial charge in [0.15, 0.2) is 11.8 Å². The van der Waals surface area contributed by atoms with Crippen molar-refractivity contribution in [2.75, 3.05) is 7.11 Å². The lowest BCUT2D eigenvalue weighted by molar-refractivity contribution is -0.0382. The van der Waals surface area contributed by atoms with Gasteiger partial charge in [-0.2, -0.15) is 0 Å². The zero-order valence-corrected chi connectivity index (χ0v) is 14.3. The van der Waals surface area contributed by atoms with E-state index in [0.29, 0.717) is 0 Å². The lowest BCUT2D eigenvalue weighted by Crippen LogP contribution is -2.13. The van der Waals surface area contributed by atoms with Crippen molar-refractivity contribution in [1.29, 1.82) is 0 Å². The average Bonchev–Trinajstić information content (AvgIpc) is 2.49. The molecule has 3 nitrogen and oxygen atoms in total.